The number of carbonyl (C=O) groups excluding carboxylic acids is 2. The second-order valence-corrected chi connectivity index (χ2v) is 2.64. The predicted molar refractivity (Wildman–Crippen MR) is 50.6 cm³/mol. The lowest BCUT2D eigenvalue weighted by atomic mass is 10.2. The Hall–Kier alpha value is -2.15. The molecule has 0 unspecified atom stereocenters. The first-order valence-corrected chi connectivity index (χ1v) is 3.92. The second-order valence-electron chi connectivity index (χ2n) is 2.64. The highest BCUT2D eigenvalue weighted by Gasteiger charge is 2.12. The third-order valence-electron chi connectivity index (χ3n) is 1.82. The summed E-state index contributed by atoms with van der Waals surface area (Å²) >= 11 is 0. The first kappa shape index (κ1) is 9.93. The highest BCUT2D eigenvalue weighted by Crippen LogP contribution is 2.17. The largest absolute Gasteiger partial charge is 0.308 e. The quantitative estimate of drug-likeness (QED) is 0.507. The average Bonchev–Trinajstić information content (AvgIpc) is 2.26. The Bertz CT molecular complexity index is 407. The second kappa shape index (κ2) is 4.19. The van der Waals surface area contributed by atoms with Crippen LogP contribution in [0.25, 0.3) is 0 Å². The number of amides is 1. The number of aldehydes is 1. The van der Waals surface area contributed by atoms with Crippen LogP contribution in [0.15, 0.2) is 24.3 Å². The van der Waals surface area contributed by atoms with Gasteiger partial charge in [-0.25, -0.2) is 0 Å². The Labute approximate surface area is 81.4 Å². The first-order valence-electron chi connectivity index (χ1n) is 3.92. The molecule has 0 aliphatic carbocycles. The van der Waals surface area contributed by atoms with E-state index >= 15 is 0 Å². The maximum atomic E-state index is 11.0. The fourth-order valence-corrected chi connectivity index (χ4v) is 1.06. The SMILES string of the molecule is CN(C(=O)C=O)c1ccccc1C#N. The topological polar surface area (TPSA) is 61.2 Å². The van der Waals surface area contributed by atoms with E-state index in [1.807, 2.05) is 6.07 Å². The van der Waals surface area contributed by atoms with Gasteiger partial charge in [0.05, 0.1) is 11.3 Å². The van der Waals surface area contributed by atoms with Gasteiger partial charge in [-0.1, -0.05) is 12.1 Å². The molecule has 0 radical (unpaired) electrons. The van der Waals surface area contributed by atoms with Crippen molar-refractivity contribution in [2.24, 2.45) is 0 Å². The maximum absolute atomic E-state index is 11.0. The summed E-state index contributed by atoms with van der Waals surface area (Å²) < 4.78 is 0. The van der Waals surface area contributed by atoms with Gasteiger partial charge in [0, 0.05) is 7.05 Å². The molecule has 4 nitrogen and oxygen atoms in total. The summed E-state index contributed by atoms with van der Waals surface area (Å²) in [7, 11) is 1.45. The van der Waals surface area contributed by atoms with Crippen LogP contribution in [0, 0.1) is 11.3 Å². The van der Waals surface area contributed by atoms with Gasteiger partial charge in [-0.3, -0.25) is 9.59 Å². The summed E-state index contributed by atoms with van der Waals surface area (Å²) in [5.41, 5.74) is 0.803. The fraction of sp³-hybridized carbons (Fsp3) is 0.100. The number of likely N-dealkylation sites (N-methyl/N-ethyl adjacent to an activating group) is 1. The number of hydrogen-bond acceptors (Lipinski definition) is 3. The van der Waals surface area contributed by atoms with Crippen LogP contribution in [0.3, 0.4) is 0 Å². The summed E-state index contributed by atoms with van der Waals surface area (Å²) in [4.78, 5) is 22.4. The molecule has 0 aliphatic heterocycles. The molecule has 0 atom stereocenters. The van der Waals surface area contributed by atoms with E-state index in [9.17, 15) is 9.59 Å². The maximum Gasteiger partial charge on any atom is 0.290 e. The molecule has 0 saturated heterocycles. The highest BCUT2D eigenvalue weighted by molar-refractivity contribution is 6.30. The number of nitrogens with zero attached hydrogens (tertiary/aromatic N) is 2. The van der Waals surface area contributed by atoms with E-state index in [4.69, 9.17) is 5.26 Å². The molecule has 0 saturated carbocycles. The molecule has 0 bridgehead atoms. The Morgan fingerprint density at radius 3 is 2.71 bits per heavy atom. The molecule has 0 N–H and O–H groups in total. The molecular formula is C10H8N2O2. The molecule has 70 valence electrons. The summed E-state index contributed by atoms with van der Waals surface area (Å²) in [6, 6.07) is 8.54. The zero-order valence-corrected chi connectivity index (χ0v) is 7.60. The van der Waals surface area contributed by atoms with Crippen LogP contribution < -0.4 is 4.90 Å². The zero-order valence-electron chi connectivity index (χ0n) is 7.60. The van der Waals surface area contributed by atoms with Crippen LogP contribution in [0.2, 0.25) is 0 Å². The molecule has 1 aromatic rings. The van der Waals surface area contributed by atoms with Crippen LogP contribution >= 0.6 is 0 Å². The third kappa shape index (κ3) is 1.77. The van der Waals surface area contributed by atoms with E-state index in [1.54, 1.807) is 24.3 Å². The third-order valence-corrected chi connectivity index (χ3v) is 1.82. The lowest BCUT2D eigenvalue weighted by molar-refractivity contribution is -0.129. The van der Waals surface area contributed by atoms with Crippen molar-refractivity contribution in [3.63, 3.8) is 0 Å². The Morgan fingerprint density at radius 2 is 2.14 bits per heavy atom. The minimum atomic E-state index is -0.673. The number of nitriles is 1. The summed E-state index contributed by atoms with van der Waals surface area (Å²) in [5, 5.41) is 8.75. The molecule has 0 fully saturated rings. The van der Waals surface area contributed by atoms with Gasteiger partial charge in [0.25, 0.3) is 5.91 Å². The smallest absolute Gasteiger partial charge is 0.290 e. The van der Waals surface area contributed by atoms with Crippen molar-refractivity contribution in [2.75, 3.05) is 11.9 Å². The number of rotatable bonds is 2. The normalized spacial score (nSPS) is 8.86. The van der Waals surface area contributed by atoms with Gasteiger partial charge in [-0.15, -0.1) is 0 Å². The van der Waals surface area contributed by atoms with Crippen LogP contribution in [0.4, 0.5) is 5.69 Å². The molecule has 14 heavy (non-hydrogen) atoms. The number of anilines is 1. The molecule has 1 amide bonds. The molecule has 1 rings (SSSR count). The summed E-state index contributed by atoms with van der Waals surface area (Å²) in [6.07, 6.45) is 0.216. The van der Waals surface area contributed by atoms with Crippen molar-refractivity contribution >= 4 is 17.9 Å². The van der Waals surface area contributed by atoms with Crippen LogP contribution in [0.1, 0.15) is 5.56 Å². The van der Waals surface area contributed by atoms with Gasteiger partial charge in [-0.2, -0.15) is 5.26 Å². The van der Waals surface area contributed by atoms with Gasteiger partial charge in [0.1, 0.15) is 6.07 Å². The van der Waals surface area contributed by atoms with Crippen LogP contribution in [-0.4, -0.2) is 19.2 Å². The Kier molecular flexibility index (Phi) is 2.97. The molecule has 0 spiro atoms. The first-order chi connectivity index (χ1) is 6.70. The number of hydrogen-bond donors (Lipinski definition) is 0. The number of carbonyl (C=O) groups is 2. The minimum Gasteiger partial charge on any atom is -0.308 e. The fourth-order valence-electron chi connectivity index (χ4n) is 1.06. The van der Waals surface area contributed by atoms with E-state index in [0.717, 1.165) is 4.90 Å². The van der Waals surface area contributed by atoms with Gasteiger partial charge in [0.15, 0.2) is 0 Å². The molecule has 4 heteroatoms. The van der Waals surface area contributed by atoms with E-state index in [1.165, 1.54) is 7.05 Å². The van der Waals surface area contributed by atoms with Gasteiger partial charge in [0.2, 0.25) is 6.29 Å². The highest BCUT2D eigenvalue weighted by atomic mass is 16.2. The van der Waals surface area contributed by atoms with Gasteiger partial charge in [-0.05, 0) is 12.1 Å². The van der Waals surface area contributed by atoms with Crippen molar-refractivity contribution in [1.29, 1.82) is 5.26 Å². The van der Waals surface area contributed by atoms with E-state index in [2.05, 4.69) is 0 Å². The van der Waals surface area contributed by atoms with Crippen molar-refractivity contribution < 1.29 is 9.59 Å². The van der Waals surface area contributed by atoms with Crippen molar-refractivity contribution in [3.05, 3.63) is 29.8 Å². The lowest BCUT2D eigenvalue weighted by Crippen LogP contribution is -2.27. The van der Waals surface area contributed by atoms with Crippen LogP contribution in [0.5, 0.6) is 0 Å². The predicted octanol–water partition coefficient (Wildman–Crippen LogP) is 0.720. The monoisotopic (exact) mass is 188 g/mol. The number of benzene rings is 1. The molecule has 0 aromatic heterocycles. The average molecular weight is 188 g/mol. The van der Waals surface area contributed by atoms with Gasteiger partial charge < -0.3 is 4.90 Å². The van der Waals surface area contributed by atoms with Gasteiger partial charge >= 0.3 is 0 Å². The lowest BCUT2D eigenvalue weighted by Gasteiger charge is -2.14. The minimum absolute atomic E-state index is 0.216. The molecule has 0 aliphatic rings. The van der Waals surface area contributed by atoms with Crippen LogP contribution in [-0.2, 0) is 9.59 Å². The van der Waals surface area contributed by atoms with E-state index < -0.39 is 5.91 Å². The molecule has 1 aromatic carbocycles. The van der Waals surface area contributed by atoms with Crippen molar-refractivity contribution in [1.82, 2.24) is 0 Å². The standard InChI is InChI=1S/C10H8N2O2/c1-12(10(14)7-13)9-5-3-2-4-8(9)6-11/h2-5,7H,1H3. The molecule has 0 heterocycles. The van der Waals surface area contributed by atoms with Crippen molar-refractivity contribution in [3.8, 4) is 6.07 Å². The van der Waals surface area contributed by atoms with E-state index in [-0.39, 0.29) is 6.29 Å². The number of para-hydroxylation sites is 1. The Morgan fingerprint density at radius 1 is 1.50 bits per heavy atom. The summed E-state index contributed by atoms with van der Waals surface area (Å²) in [5.74, 6) is -0.673. The molecular weight excluding hydrogens is 180 g/mol. The summed E-state index contributed by atoms with van der Waals surface area (Å²) in [6.45, 7) is 0. The van der Waals surface area contributed by atoms with Crippen molar-refractivity contribution in [2.45, 2.75) is 0 Å². The van der Waals surface area contributed by atoms with E-state index in [0.29, 0.717) is 11.3 Å². The zero-order chi connectivity index (χ0) is 10.6. The Balaban J connectivity index is 3.13.